The number of hydrogen-bond donors (Lipinski definition) is 1. The molecule has 0 heterocycles. The summed E-state index contributed by atoms with van der Waals surface area (Å²) in [6, 6.07) is 0. The predicted molar refractivity (Wildman–Crippen MR) is 253 cm³/mol. The molecule has 0 rings (SSSR count). The Kier molecular flexibility index (Phi) is 52.4. The van der Waals surface area contributed by atoms with Gasteiger partial charge in [0, 0.05) is 85.1 Å². The maximum atomic E-state index is 8.85. The molecule has 16 heteroatoms. The van der Waals surface area contributed by atoms with Crippen LogP contribution in [0.5, 0.6) is 0 Å². The Morgan fingerprint density at radius 3 is 0.583 bits per heavy atom. The molecule has 0 fully saturated rings. The van der Waals surface area contributed by atoms with Crippen molar-refractivity contribution in [2.24, 2.45) is 0 Å². The van der Waals surface area contributed by atoms with Gasteiger partial charge in [-0.3, -0.25) is 14.7 Å². The minimum atomic E-state index is 0.234. The molecule has 0 aromatic carbocycles. The molecule has 0 spiro atoms. The molecular formula is C44H103N9O7. The van der Waals surface area contributed by atoms with Gasteiger partial charge in [-0.05, 0) is 111 Å². The summed E-state index contributed by atoms with van der Waals surface area (Å²) < 4.78 is 33.9. The summed E-state index contributed by atoms with van der Waals surface area (Å²) in [5.74, 6) is 0. The zero-order valence-corrected chi connectivity index (χ0v) is 42.1. The number of nitrogens with zero attached hydrogens (tertiary/aromatic N) is 9. The third-order valence-electron chi connectivity index (χ3n) is 8.90. The quantitative estimate of drug-likeness (QED) is 0.0888. The van der Waals surface area contributed by atoms with Gasteiger partial charge in [-0.2, -0.15) is 0 Å². The summed E-state index contributed by atoms with van der Waals surface area (Å²) in [6.45, 7) is 28.4. The summed E-state index contributed by atoms with van der Waals surface area (Å²) in [5, 5.41) is 8.85. The van der Waals surface area contributed by atoms with Crippen molar-refractivity contribution in [2.45, 2.75) is 26.7 Å². The Hall–Kier alpha value is -0.640. The molecule has 366 valence electrons. The van der Waals surface area contributed by atoms with Crippen LogP contribution < -0.4 is 0 Å². The van der Waals surface area contributed by atoms with E-state index < -0.39 is 0 Å². The number of ether oxygens (including phenoxy) is 6. The Morgan fingerprint density at radius 2 is 0.417 bits per heavy atom. The van der Waals surface area contributed by atoms with E-state index in [1.165, 1.54) is 6.42 Å². The van der Waals surface area contributed by atoms with Crippen molar-refractivity contribution < 1.29 is 33.5 Å². The van der Waals surface area contributed by atoms with E-state index in [-0.39, 0.29) is 6.61 Å². The smallest absolute Gasteiger partial charge is 0.0594 e. The fourth-order valence-electron chi connectivity index (χ4n) is 5.04. The molecule has 60 heavy (non-hydrogen) atoms. The lowest BCUT2D eigenvalue weighted by atomic mass is 10.4. The predicted octanol–water partition coefficient (Wildman–Crippen LogP) is 1.15. The lowest BCUT2D eigenvalue weighted by Gasteiger charge is -2.23. The molecule has 0 amide bonds. The molecule has 0 aliphatic rings. The van der Waals surface area contributed by atoms with Gasteiger partial charge in [0.25, 0.3) is 0 Å². The summed E-state index contributed by atoms with van der Waals surface area (Å²) in [6.07, 6.45) is 2.30. The highest BCUT2D eigenvalue weighted by molar-refractivity contribution is 4.59. The van der Waals surface area contributed by atoms with Gasteiger partial charge in [-0.1, -0.05) is 13.8 Å². The first-order valence-corrected chi connectivity index (χ1v) is 22.8. The summed E-state index contributed by atoms with van der Waals surface area (Å²) in [7, 11) is 24.7. The lowest BCUT2D eigenvalue weighted by Crippen LogP contribution is -2.35. The molecular weight excluding hydrogens is 767 g/mol. The van der Waals surface area contributed by atoms with Gasteiger partial charge in [0.05, 0.1) is 85.9 Å². The Balaban J connectivity index is -0.000000839. The number of hydrogen-bond acceptors (Lipinski definition) is 16. The van der Waals surface area contributed by atoms with Crippen LogP contribution in [0.1, 0.15) is 26.7 Å². The monoisotopic (exact) mass is 870 g/mol. The highest BCUT2D eigenvalue weighted by Crippen LogP contribution is 1.95. The summed E-state index contributed by atoms with van der Waals surface area (Å²) in [4.78, 5) is 19.8. The second kappa shape index (κ2) is 49.4. The van der Waals surface area contributed by atoms with Crippen LogP contribution in [0, 0.1) is 0 Å². The number of aliphatic hydroxyl groups excluding tert-OH is 1. The van der Waals surface area contributed by atoms with Gasteiger partial charge in [0.1, 0.15) is 0 Å². The Morgan fingerprint density at radius 1 is 0.250 bits per heavy atom. The molecule has 0 bridgehead atoms. The van der Waals surface area contributed by atoms with Crippen molar-refractivity contribution in [1.82, 2.24) is 44.1 Å². The maximum Gasteiger partial charge on any atom is 0.0594 e. The topological polar surface area (TPSA) is 105 Å². The van der Waals surface area contributed by atoms with Gasteiger partial charge in [-0.15, -0.1) is 0 Å². The van der Waals surface area contributed by atoms with Crippen LogP contribution in [0.2, 0.25) is 0 Å². The average molecular weight is 870 g/mol. The zero-order valence-electron chi connectivity index (χ0n) is 42.1. The summed E-state index contributed by atoms with van der Waals surface area (Å²) in [5.41, 5.74) is 0. The minimum Gasteiger partial charge on any atom is -0.395 e. The van der Waals surface area contributed by atoms with Crippen LogP contribution in [0.25, 0.3) is 0 Å². The van der Waals surface area contributed by atoms with Crippen LogP contribution in [-0.4, -0.2) is 318 Å². The number of likely N-dealkylation sites (N-methyl/N-ethyl adjacent to an activating group) is 6. The molecule has 1 N–H and O–H groups in total. The first-order chi connectivity index (χ1) is 28.7. The second-order valence-electron chi connectivity index (χ2n) is 16.7. The SMILES string of the molecule is CCCN(CCO)CCOCCN(C)C.CCCN(CCOCCN(C)C)CCOCCN(C)C.CN(C)CCOCCN(CCOCCN(C)C)CCOCCN(C)C. The molecule has 16 nitrogen and oxygen atoms in total. The minimum absolute atomic E-state index is 0.234. The maximum absolute atomic E-state index is 8.85. The van der Waals surface area contributed by atoms with Crippen molar-refractivity contribution in [3.63, 3.8) is 0 Å². The van der Waals surface area contributed by atoms with Crippen molar-refractivity contribution in [1.29, 1.82) is 0 Å². The molecule has 0 atom stereocenters. The Bertz CT molecular complexity index is 740. The van der Waals surface area contributed by atoms with Crippen LogP contribution in [-0.2, 0) is 28.4 Å². The van der Waals surface area contributed by atoms with E-state index in [9.17, 15) is 0 Å². The molecule has 0 radical (unpaired) electrons. The van der Waals surface area contributed by atoms with E-state index in [4.69, 9.17) is 33.5 Å². The third-order valence-corrected chi connectivity index (χ3v) is 8.90. The molecule has 0 aromatic rings. The number of rotatable bonds is 42. The lowest BCUT2D eigenvalue weighted by molar-refractivity contribution is 0.0455. The molecule has 0 aromatic heterocycles. The van der Waals surface area contributed by atoms with Crippen molar-refractivity contribution in [3.05, 3.63) is 0 Å². The van der Waals surface area contributed by atoms with Gasteiger partial charge < -0.3 is 62.9 Å². The highest BCUT2D eigenvalue weighted by Gasteiger charge is 2.07. The van der Waals surface area contributed by atoms with E-state index in [0.717, 1.165) is 184 Å². The van der Waals surface area contributed by atoms with Crippen LogP contribution >= 0.6 is 0 Å². The average Bonchev–Trinajstić information content (AvgIpc) is 3.16. The third kappa shape index (κ3) is 57.4. The molecule has 0 unspecified atom stereocenters. The van der Waals surface area contributed by atoms with Crippen LogP contribution in [0.4, 0.5) is 0 Å². The fraction of sp³-hybridized carbons (Fsp3) is 1.00. The van der Waals surface area contributed by atoms with E-state index in [2.05, 4.69) is 128 Å². The first kappa shape index (κ1) is 63.6. The fourth-order valence-corrected chi connectivity index (χ4v) is 5.04. The van der Waals surface area contributed by atoms with Gasteiger partial charge in [-0.25, -0.2) is 0 Å². The van der Waals surface area contributed by atoms with Crippen LogP contribution in [0.15, 0.2) is 0 Å². The van der Waals surface area contributed by atoms with Gasteiger partial charge >= 0.3 is 0 Å². The van der Waals surface area contributed by atoms with E-state index >= 15 is 0 Å². The largest absolute Gasteiger partial charge is 0.395 e. The molecule has 0 saturated carbocycles. The van der Waals surface area contributed by atoms with E-state index in [1.54, 1.807) is 0 Å². The second-order valence-corrected chi connectivity index (χ2v) is 16.7. The summed E-state index contributed by atoms with van der Waals surface area (Å²) >= 11 is 0. The van der Waals surface area contributed by atoms with Gasteiger partial charge in [0.15, 0.2) is 0 Å². The first-order valence-electron chi connectivity index (χ1n) is 22.8. The Labute approximate surface area is 372 Å². The normalized spacial score (nSPS) is 12.0. The molecule has 0 aliphatic carbocycles. The van der Waals surface area contributed by atoms with Crippen molar-refractivity contribution >= 4 is 0 Å². The highest BCUT2D eigenvalue weighted by atomic mass is 16.5. The standard InChI is InChI=1S/C18H42N4O3.C15H35N3O2.C11H26N2O2/c1-19(2)7-13-23-16-10-22(11-17-24-14-8-20(3)4)12-18-25-15-9-21(5)6;1-6-7-18(10-14-19-12-8-16(2)3)11-15-20-13-9-17(4)5;1-4-5-13(6-9-14)8-11-15-10-7-12(2)3/h7-18H2,1-6H3;6-15H2,1-5H3;14H,4-11H2,1-3H3. The van der Waals surface area contributed by atoms with Crippen molar-refractivity contribution in [3.8, 4) is 0 Å². The molecule has 0 aliphatic heterocycles. The van der Waals surface area contributed by atoms with Crippen molar-refractivity contribution in [2.75, 3.05) is 269 Å². The van der Waals surface area contributed by atoms with E-state index in [0.29, 0.717) is 0 Å². The van der Waals surface area contributed by atoms with Gasteiger partial charge in [0.2, 0.25) is 0 Å². The molecule has 0 saturated heterocycles. The number of aliphatic hydroxyl groups is 1. The van der Waals surface area contributed by atoms with E-state index in [1.807, 2.05) is 14.1 Å². The van der Waals surface area contributed by atoms with Crippen LogP contribution in [0.3, 0.4) is 0 Å². The zero-order chi connectivity index (χ0) is 45.7.